The van der Waals surface area contributed by atoms with Crippen LogP contribution in [0.4, 0.5) is 4.79 Å². The van der Waals surface area contributed by atoms with Crippen molar-refractivity contribution < 1.29 is 9.53 Å². The lowest BCUT2D eigenvalue weighted by atomic mass is 9.96. The highest BCUT2D eigenvalue weighted by molar-refractivity contribution is 5.67. The second-order valence-electron chi connectivity index (χ2n) is 5.08. The molecule has 0 radical (unpaired) electrons. The van der Waals surface area contributed by atoms with Gasteiger partial charge in [-0.1, -0.05) is 19.3 Å². The standard InChI is InChI=1S/C12H22N2O2/c13-9-6-7-11(8-9)16-12(15)14-10-4-2-1-3-5-10/h9-11H,1-8,13H2,(H,14,15). The molecule has 2 unspecified atom stereocenters. The van der Waals surface area contributed by atoms with Gasteiger partial charge < -0.3 is 15.8 Å². The van der Waals surface area contributed by atoms with Crippen molar-refractivity contribution >= 4 is 6.09 Å². The van der Waals surface area contributed by atoms with Crippen LogP contribution >= 0.6 is 0 Å². The summed E-state index contributed by atoms with van der Waals surface area (Å²) < 4.78 is 5.35. The van der Waals surface area contributed by atoms with Crippen molar-refractivity contribution in [2.75, 3.05) is 0 Å². The quantitative estimate of drug-likeness (QED) is 0.756. The third-order valence-corrected chi connectivity index (χ3v) is 3.63. The van der Waals surface area contributed by atoms with Crippen LogP contribution in [0.25, 0.3) is 0 Å². The van der Waals surface area contributed by atoms with E-state index >= 15 is 0 Å². The number of hydrogen-bond donors (Lipinski definition) is 2. The first kappa shape index (κ1) is 11.7. The van der Waals surface area contributed by atoms with Crippen LogP contribution in [0, 0.1) is 0 Å². The zero-order chi connectivity index (χ0) is 11.4. The highest BCUT2D eigenvalue weighted by Crippen LogP contribution is 2.21. The van der Waals surface area contributed by atoms with E-state index < -0.39 is 0 Å². The van der Waals surface area contributed by atoms with Crippen LogP contribution in [0.15, 0.2) is 0 Å². The minimum atomic E-state index is -0.244. The van der Waals surface area contributed by atoms with E-state index in [-0.39, 0.29) is 18.2 Å². The molecule has 1 amide bonds. The van der Waals surface area contributed by atoms with E-state index in [1.54, 1.807) is 0 Å². The minimum Gasteiger partial charge on any atom is -0.446 e. The summed E-state index contributed by atoms with van der Waals surface area (Å²) in [7, 11) is 0. The molecule has 4 nitrogen and oxygen atoms in total. The molecule has 0 bridgehead atoms. The monoisotopic (exact) mass is 226 g/mol. The molecule has 0 aromatic heterocycles. The Labute approximate surface area is 96.9 Å². The molecule has 2 rings (SSSR count). The molecule has 2 aliphatic carbocycles. The topological polar surface area (TPSA) is 64.3 Å². The summed E-state index contributed by atoms with van der Waals surface area (Å²) in [6.45, 7) is 0. The number of carbonyl (C=O) groups is 1. The normalized spacial score (nSPS) is 31.3. The van der Waals surface area contributed by atoms with Crippen LogP contribution in [0.1, 0.15) is 51.4 Å². The van der Waals surface area contributed by atoms with Gasteiger partial charge in [-0.3, -0.25) is 0 Å². The van der Waals surface area contributed by atoms with E-state index in [1.165, 1.54) is 19.3 Å². The molecule has 0 heterocycles. The van der Waals surface area contributed by atoms with Crippen LogP contribution in [0.2, 0.25) is 0 Å². The van der Waals surface area contributed by atoms with Gasteiger partial charge in [0, 0.05) is 12.1 Å². The van der Waals surface area contributed by atoms with Gasteiger partial charge in [0.1, 0.15) is 6.10 Å². The Morgan fingerprint density at radius 2 is 1.88 bits per heavy atom. The Hall–Kier alpha value is -0.770. The van der Waals surface area contributed by atoms with E-state index in [2.05, 4.69) is 5.32 Å². The molecule has 2 atom stereocenters. The maximum atomic E-state index is 11.6. The number of carbonyl (C=O) groups excluding carboxylic acids is 1. The van der Waals surface area contributed by atoms with Gasteiger partial charge in [-0.25, -0.2) is 4.79 Å². The fraction of sp³-hybridized carbons (Fsp3) is 0.917. The first-order valence-corrected chi connectivity index (χ1v) is 6.47. The number of amides is 1. The smallest absolute Gasteiger partial charge is 0.407 e. The van der Waals surface area contributed by atoms with Gasteiger partial charge in [-0.2, -0.15) is 0 Å². The average molecular weight is 226 g/mol. The highest BCUT2D eigenvalue weighted by atomic mass is 16.6. The molecule has 0 aliphatic heterocycles. The van der Waals surface area contributed by atoms with Crippen LogP contribution in [-0.4, -0.2) is 24.3 Å². The molecule has 3 N–H and O–H groups in total. The van der Waals surface area contributed by atoms with Crippen molar-refractivity contribution in [2.24, 2.45) is 5.73 Å². The summed E-state index contributed by atoms with van der Waals surface area (Å²) in [5.41, 5.74) is 5.77. The van der Waals surface area contributed by atoms with E-state index in [9.17, 15) is 4.79 Å². The fourth-order valence-electron chi connectivity index (χ4n) is 2.68. The van der Waals surface area contributed by atoms with Gasteiger partial charge in [-0.05, 0) is 32.1 Å². The molecule has 0 spiro atoms. The Kier molecular flexibility index (Phi) is 4.04. The second-order valence-corrected chi connectivity index (χ2v) is 5.08. The summed E-state index contributed by atoms with van der Waals surface area (Å²) in [5, 5.41) is 2.96. The SMILES string of the molecule is NC1CCC(OC(=O)NC2CCCCC2)C1. The van der Waals surface area contributed by atoms with Gasteiger partial charge in [-0.15, -0.1) is 0 Å². The lowest BCUT2D eigenvalue weighted by Crippen LogP contribution is -2.38. The van der Waals surface area contributed by atoms with Crippen LogP contribution in [-0.2, 0) is 4.74 Å². The lowest BCUT2D eigenvalue weighted by Gasteiger charge is -2.23. The maximum absolute atomic E-state index is 11.6. The largest absolute Gasteiger partial charge is 0.446 e. The fourth-order valence-corrected chi connectivity index (χ4v) is 2.68. The van der Waals surface area contributed by atoms with Crippen LogP contribution < -0.4 is 11.1 Å². The van der Waals surface area contributed by atoms with Gasteiger partial charge in [0.05, 0.1) is 0 Å². The Morgan fingerprint density at radius 1 is 1.12 bits per heavy atom. The molecule has 2 aliphatic rings. The van der Waals surface area contributed by atoms with Crippen LogP contribution in [0.5, 0.6) is 0 Å². The molecular weight excluding hydrogens is 204 g/mol. The molecule has 2 fully saturated rings. The zero-order valence-corrected chi connectivity index (χ0v) is 9.78. The Morgan fingerprint density at radius 3 is 2.50 bits per heavy atom. The van der Waals surface area contributed by atoms with E-state index in [0.717, 1.165) is 32.1 Å². The Balaban J connectivity index is 1.67. The van der Waals surface area contributed by atoms with E-state index in [0.29, 0.717) is 6.04 Å². The molecule has 92 valence electrons. The molecule has 4 heteroatoms. The zero-order valence-electron chi connectivity index (χ0n) is 9.78. The Bertz CT molecular complexity index is 230. The van der Waals surface area contributed by atoms with Gasteiger partial charge in [0.15, 0.2) is 0 Å². The van der Waals surface area contributed by atoms with Gasteiger partial charge in [0.2, 0.25) is 0 Å². The number of nitrogens with one attached hydrogen (secondary N) is 1. The highest BCUT2D eigenvalue weighted by Gasteiger charge is 2.26. The van der Waals surface area contributed by atoms with Crippen molar-refractivity contribution in [3.05, 3.63) is 0 Å². The van der Waals surface area contributed by atoms with Crippen molar-refractivity contribution in [1.82, 2.24) is 5.32 Å². The van der Waals surface area contributed by atoms with Crippen molar-refractivity contribution in [3.63, 3.8) is 0 Å². The summed E-state index contributed by atoms with van der Waals surface area (Å²) in [6.07, 6.45) is 8.44. The first-order chi connectivity index (χ1) is 7.74. The molecule has 2 saturated carbocycles. The van der Waals surface area contributed by atoms with Gasteiger partial charge >= 0.3 is 6.09 Å². The first-order valence-electron chi connectivity index (χ1n) is 6.47. The second kappa shape index (κ2) is 5.53. The average Bonchev–Trinajstić information content (AvgIpc) is 2.65. The summed E-state index contributed by atoms with van der Waals surface area (Å²) in [5.74, 6) is 0. The molecule has 16 heavy (non-hydrogen) atoms. The molecule has 0 aromatic carbocycles. The number of ether oxygens (including phenoxy) is 1. The molecule has 0 saturated heterocycles. The predicted molar refractivity (Wildman–Crippen MR) is 62.1 cm³/mol. The van der Waals surface area contributed by atoms with Crippen molar-refractivity contribution in [1.29, 1.82) is 0 Å². The summed E-state index contributed by atoms with van der Waals surface area (Å²) in [4.78, 5) is 11.6. The summed E-state index contributed by atoms with van der Waals surface area (Å²) >= 11 is 0. The maximum Gasteiger partial charge on any atom is 0.407 e. The van der Waals surface area contributed by atoms with E-state index in [4.69, 9.17) is 10.5 Å². The van der Waals surface area contributed by atoms with Crippen LogP contribution in [0.3, 0.4) is 0 Å². The summed E-state index contributed by atoms with van der Waals surface area (Å²) in [6, 6.07) is 0.545. The number of alkyl carbamates (subject to hydrolysis) is 1. The third-order valence-electron chi connectivity index (χ3n) is 3.63. The van der Waals surface area contributed by atoms with Crippen molar-refractivity contribution in [2.45, 2.75) is 69.6 Å². The third kappa shape index (κ3) is 3.37. The number of rotatable bonds is 2. The van der Waals surface area contributed by atoms with Gasteiger partial charge in [0.25, 0.3) is 0 Å². The van der Waals surface area contributed by atoms with E-state index in [1.807, 2.05) is 0 Å². The molecular formula is C12H22N2O2. The predicted octanol–water partition coefficient (Wildman–Crippen LogP) is 1.93. The molecule has 0 aromatic rings. The number of nitrogens with two attached hydrogens (primary N) is 1. The number of hydrogen-bond acceptors (Lipinski definition) is 3. The minimum absolute atomic E-state index is 0.0404. The lowest BCUT2D eigenvalue weighted by molar-refractivity contribution is 0.0954. The van der Waals surface area contributed by atoms with Crippen molar-refractivity contribution in [3.8, 4) is 0 Å².